The topological polar surface area (TPSA) is 84.7 Å². The minimum absolute atomic E-state index is 0.328. The second-order valence-electron chi connectivity index (χ2n) is 7.90. The number of hydrogen-bond acceptors (Lipinski definition) is 5. The molecule has 0 aliphatic carbocycles. The molecule has 0 fully saturated rings. The van der Waals surface area contributed by atoms with E-state index in [4.69, 9.17) is 14.5 Å². The van der Waals surface area contributed by atoms with Crippen LogP contribution in [0.15, 0.2) is 58.3 Å². The van der Waals surface area contributed by atoms with E-state index in [0.717, 1.165) is 32.8 Å². The molecule has 5 aromatic rings. The van der Waals surface area contributed by atoms with Gasteiger partial charge in [0, 0.05) is 31.5 Å². The Morgan fingerprint density at radius 3 is 2.42 bits per heavy atom. The molecule has 0 radical (unpaired) electrons. The number of methoxy groups -OCH3 is 2. The van der Waals surface area contributed by atoms with Crippen LogP contribution in [-0.4, -0.2) is 37.3 Å². The first-order valence-corrected chi connectivity index (χ1v) is 10.3. The molecule has 5 rings (SSSR count). The maximum Gasteiger partial charge on any atom is 0.332 e. The number of ether oxygens (including phenoxy) is 2. The van der Waals surface area contributed by atoms with Crippen LogP contribution in [-0.2, 0) is 14.1 Å². The Labute approximate surface area is 188 Å². The standard InChI is InChI=1S/C24H23N5O4/c1-14-11-16(9-10-19(14)33-5)29-18(15-7-6-8-17(12-15)32-4)13-28-20-21(25-23(28)29)26(2)24(31)27(3)22(20)30/h6-13H,1-5H3. The summed E-state index contributed by atoms with van der Waals surface area (Å²) in [5, 5.41) is 0. The van der Waals surface area contributed by atoms with Crippen LogP contribution in [0.5, 0.6) is 11.5 Å². The van der Waals surface area contributed by atoms with Gasteiger partial charge in [-0.15, -0.1) is 0 Å². The van der Waals surface area contributed by atoms with Crippen molar-refractivity contribution in [3.63, 3.8) is 0 Å². The highest BCUT2D eigenvalue weighted by atomic mass is 16.5. The lowest BCUT2D eigenvalue weighted by Gasteiger charge is -2.12. The smallest absolute Gasteiger partial charge is 0.332 e. The third kappa shape index (κ3) is 2.96. The van der Waals surface area contributed by atoms with Gasteiger partial charge < -0.3 is 9.47 Å². The molecule has 0 bridgehead atoms. The van der Waals surface area contributed by atoms with Crippen molar-refractivity contribution in [1.29, 1.82) is 0 Å². The van der Waals surface area contributed by atoms with E-state index in [0.29, 0.717) is 22.7 Å². The molecule has 0 atom stereocenters. The number of fused-ring (bicyclic) bond motifs is 3. The molecule has 0 spiro atoms. The van der Waals surface area contributed by atoms with Gasteiger partial charge in [0.1, 0.15) is 11.5 Å². The Hall–Kier alpha value is -4.27. The van der Waals surface area contributed by atoms with Crippen LogP contribution in [0.3, 0.4) is 0 Å². The summed E-state index contributed by atoms with van der Waals surface area (Å²) in [6, 6.07) is 13.5. The lowest BCUT2D eigenvalue weighted by molar-refractivity contribution is 0.411. The van der Waals surface area contributed by atoms with Crippen LogP contribution in [0.2, 0.25) is 0 Å². The summed E-state index contributed by atoms with van der Waals surface area (Å²) in [5.41, 5.74) is 3.35. The van der Waals surface area contributed by atoms with E-state index in [-0.39, 0.29) is 0 Å². The quantitative estimate of drug-likeness (QED) is 0.425. The maximum absolute atomic E-state index is 13.1. The van der Waals surface area contributed by atoms with Gasteiger partial charge >= 0.3 is 5.69 Å². The molecule has 9 heteroatoms. The highest BCUT2D eigenvalue weighted by molar-refractivity contribution is 5.79. The molecule has 0 aliphatic heterocycles. The van der Waals surface area contributed by atoms with Crippen molar-refractivity contribution < 1.29 is 9.47 Å². The van der Waals surface area contributed by atoms with Crippen molar-refractivity contribution >= 4 is 16.9 Å². The SMILES string of the molecule is COc1cccc(-c2cn3c4c(=O)n(C)c(=O)n(C)c4nc3n2-c2ccc(OC)c(C)c2)c1. The van der Waals surface area contributed by atoms with Crippen LogP contribution < -0.4 is 20.7 Å². The first kappa shape index (κ1) is 20.6. The third-order valence-electron chi connectivity index (χ3n) is 5.97. The van der Waals surface area contributed by atoms with E-state index in [1.165, 1.54) is 11.6 Å². The summed E-state index contributed by atoms with van der Waals surface area (Å²) in [5.74, 6) is 2.01. The number of aryl methyl sites for hydroxylation is 2. The van der Waals surface area contributed by atoms with Gasteiger partial charge in [-0.05, 0) is 42.8 Å². The molecule has 0 aliphatic rings. The van der Waals surface area contributed by atoms with Gasteiger partial charge in [0.15, 0.2) is 11.2 Å². The van der Waals surface area contributed by atoms with E-state index < -0.39 is 11.2 Å². The summed E-state index contributed by atoms with van der Waals surface area (Å²) in [7, 11) is 6.34. The lowest BCUT2D eigenvalue weighted by atomic mass is 10.1. The number of nitrogens with zero attached hydrogens (tertiary/aromatic N) is 5. The fourth-order valence-corrected chi connectivity index (χ4v) is 4.21. The van der Waals surface area contributed by atoms with Crippen molar-refractivity contribution in [3.8, 4) is 28.4 Å². The Balaban J connectivity index is 1.93. The van der Waals surface area contributed by atoms with Crippen LogP contribution in [0.1, 0.15) is 5.56 Å². The molecule has 9 nitrogen and oxygen atoms in total. The predicted octanol–water partition coefficient (Wildman–Crippen LogP) is 2.67. The van der Waals surface area contributed by atoms with Crippen LogP contribution >= 0.6 is 0 Å². The molecule has 3 heterocycles. The van der Waals surface area contributed by atoms with Crippen molar-refractivity contribution in [1.82, 2.24) is 23.1 Å². The minimum Gasteiger partial charge on any atom is -0.497 e. The normalized spacial score (nSPS) is 11.4. The fraction of sp³-hybridized carbons (Fsp3) is 0.208. The summed E-state index contributed by atoms with van der Waals surface area (Å²) in [4.78, 5) is 30.3. The molecule has 168 valence electrons. The van der Waals surface area contributed by atoms with Crippen molar-refractivity contribution in [2.75, 3.05) is 14.2 Å². The van der Waals surface area contributed by atoms with Gasteiger partial charge in [0.2, 0.25) is 5.78 Å². The van der Waals surface area contributed by atoms with Gasteiger partial charge in [-0.2, -0.15) is 4.98 Å². The zero-order chi connectivity index (χ0) is 23.4. The van der Waals surface area contributed by atoms with Crippen molar-refractivity contribution in [2.24, 2.45) is 14.1 Å². The zero-order valence-electron chi connectivity index (χ0n) is 19.0. The van der Waals surface area contributed by atoms with Gasteiger partial charge in [0.05, 0.1) is 19.9 Å². The number of benzene rings is 2. The number of aromatic nitrogens is 5. The van der Waals surface area contributed by atoms with Crippen LogP contribution in [0.25, 0.3) is 33.9 Å². The van der Waals surface area contributed by atoms with Gasteiger partial charge in [0.25, 0.3) is 5.56 Å². The lowest BCUT2D eigenvalue weighted by Crippen LogP contribution is -2.37. The molecule has 0 saturated carbocycles. The molecule has 0 unspecified atom stereocenters. The largest absolute Gasteiger partial charge is 0.497 e. The molecule has 2 aromatic carbocycles. The van der Waals surface area contributed by atoms with E-state index in [9.17, 15) is 9.59 Å². The van der Waals surface area contributed by atoms with Crippen LogP contribution in [0.4, 0.5) is 0 Å². The van der Waals surface area contributed by atoms with E-state index >= 15 is 0 Å². The third-order valence-corrected chi connectivity index (χ3v) is 5.97. The molecule has 0 N–H and O–H groups in total. The van der Waals surface area contributed by atoms with E-state index in [1.807, 2.05) is 60.2 Å². The summed E-state index contributed by atoms with van der Waals surface area (Å²) in [6.45, 7) is 1.97. The number of hydrogen-bond donors (Lipinski definition) is 0. The second kappa shape index (κ2) is 7.40. The Morgan fingerprint density at radius 2 is 1.73 bits per heavy atom. The Morgan fingerprint density at radius 1 is 0.939 bits per heavy atom. The number of rotatable bonds is 4. The molecule has 0 saturated heterocycles. The molecule has 3 aromatic heterocycles. The van der Waals surface area contributed by atoms with Gasteiger partial charge in [-0.1, -0.05) is 12.1 Å². The molecule has 0 amide bonds. The predicted molar refractivity (Wildman–Crippen MR) is 126 cm³/mol. The van der Waals surface area contributed by atoms with Crippen molar-refractivity contribution in [3.05, 3.63) is 75.1 Å². The van der Waals surface area contributed by atoms with Crippen LogP contribution in [0, 0.1) is 6.92 Å². The average molecular weight is 445 g/mol. The summed E-state index contributed by atoms with van der Waals surface area (Å²) >= 11 is 0. The highest BCUT2D eigenvalue weighted by Crippen LogP contribution is 2.32. The molecular formula is C24H23N5O4. The van der Waals surface area contributed by atoms with Gasteiger partial charge in [-0.25, -0.2) is 4.79 Å². The van der Waals surface area contributed by atoms with Crippen molar-refractivity contribution in [2.45, 2.75) is 6.92 Å². The average Bonchev–Trinajstić information content (AvgIpc) is 3.38. The first-order chi connectivity index (χ1) is 15.8. The monoisotopic (exact) mass is 445 g/mol. The fourth-order valence-electron chi connectivity index (χ4n) is 4.21. The zero-order valence-corrected chi connectivity index (χ0v) is 19.0. The Kier molecular flexibility index (Phi) is 4.63. The summed E-state index contributed by atoms with van der Waals surface area (Å²) in [6.07, 6.45) is 1.87. The highest BCUT2D eigenvalue weighted by Gasteiger charge is 2.22. The first-order valence-electron chi connectivity index (χ1n) is 10.3. The maximum atomic E-state index is 13.1. The molecule has 33 heavy (non-hydrogen) atoms. The minimum atomic E-state index is -0.423. The van der Waals surface area contributed by atoms with Gasteiger partial charge in [-0.3, -0.25) is 22.9 Å². The van der Waals surface area contributed by atoms with E-state index in [1.54, 1.807) is 25.7 Å². The number of imidazole rings is 2. The second-order valence-corrected chi connectivity index (χ2v) is 7.90. The Bertz CT molecular complexity index is 1670. The summed E-state index contributed by atoms with van der Waals surface area (Å²) < 4.78 is 17.0. The van der Waals surface area contributed by atoms with E-state index in [2.05, 4.69) is 0 Å². The molecular weight excluding hydrogens is 422 g/mol.